The molecule has 6 nitrogen and oxygen atoms in total. The highest BCUT2D eigenvalue weighted by Crippen LogP contribution is 2.31. The van der Waals surface area contributed by atoms with Crippen molar-refractivity contribution in [3.8, 4) is 0 Å². The Morgan fingerprint density at radius 2 is 1.85 bits per heavy atom. The number of nitrogens with zero attached hydrogens (tertiary/aromatic N) is 2. The highest BCUT2D eigenvalue weighted by atomic mass is 35.5. The van der Waals surface area contributed by atoms with Gasteiger partial charge < -0.3 is 10.2 Å². The minimum absolute atomic E-state index is 0. The monoisotopic (exact) mass is 415 g/mol. The van der Waals surface area contributed by atoms with Crippen molar-refractivity contribution in [2.24, 2.45) is 0 Å². The van der Waals surface area contributed by atoms with E-state index < -0.39 is 10.0 Å². The van der Waals surface area contributed by atoms with Crippen LogP contribution in [0.3, 0.4) is 0 Å². The van der Waals surface area contributed by atoms with Crippen molar-refractivity contribution in [1.29, 1.82) is 0 Å². The Labute approximate surface area is 168 Å². The van der Waals surface area contributed by atoms with Gasteiger partial charge in [-0.1, -0.05) is 19.9 Å². The Morgan fingerprint density at radius 3 is 2.52 bits per heavy atom. The minimum atomic E-state index is -3.57. The molecule has 2 aliphatic rings. The molecule has 2 unspecified atom stereocenters. The number of amides is 1. The molecule has 0 saturated carbocycles. The van der Waals surface area contributed by atoms with Crippen molar-refractivity contribution in [3.05, 3.63) is 29.3 Å². The molecule has 3 rings (SSSR count). The zero-order valence-corrected chi connectivity index (χ0v) is 17.9. The number of nitrogens with one attached hydrogen (secondary N) is 1. The maximum Gasteiger partial charge on any atom is 0.254 e. The molecule has 2 fully saturated rings. The van der Waals surface area contributed by atoms with Gasteiger partial charge in [0.15, 0.2) is 0 Å². The summed E-state index contributed by atoms with van der Waals surface area (Å²) in [6.07, 6.45) is 3.01. The number of aryl methyl sites for hydroxylation is 1. The smallest absolute Gasteiger partial charge is 0.254 e. The largest absolute Gasteiger partial charge is 0.331 e. The van der Waals surface area contributed by atoms with E-state index in [9.17, 15) is 13.2 Å². The van der Waals surface area contributed by atoms with Crippen molar-refractivity contribution < 1.29 is 13.2 Å². The van der Waals surface area contributed by atoms with Crippen LogP contribution < -0.4 is 5.32 Å². The second kappa shape index (κ2) is 8.90. The normalized spacial score (nSPS) is 22.4. The first-order valence-corrected chi connectivity index (χ1v) is 11.0. The second-order valence-corrected chi connectivity index (χ2v) is 9.09. The van der Waals surface area contributed by atoms with Crippen LogP contribution in [-0.4, -0.2) is 61.8 Å². The predicted molar refractivity (Wildman–Crippen MR) is 109 cm³/mol. The first-order chi connectivity index (χ1) is 12.4. The fourth-order valence-electron chi connectivity index (χ4n) is 4.16. The lowest BCUT2D eigenvalue weighted by Crippen LogP contribution is -2.42. The molecular formula is C19H30ClN3O3S. The van der Waals surface area contributed by atoms with Crippen LogP contribution in [0.4, 0.5) is 0 Å². The van der Waals surface area contributed by atoms with Crippen LogP contribution in [0.2, 0.25) is 0 Å². The molecule has 2 heterocycles. The molecule has 2 aliphatic heterocycles. The lowest BCUT2D eigenvalue weighted by atomic mass is 10.1. The summed E-state index contributed by atoms with van der Waals surface area (Å²) in [5.74, 6) is -0.0321. The topological polar surface area (TPSA) is 69.7 Å². The zero-order valence-electron chi connectivity index (χ0n) is 16.3. The first-order valence-electron chi connectivity index (χ1n) is 9.54. The molecule has 2 saturated heterocycles. The molecule has 0 radical (unpaired) electrons. The number of benzene rings is 1. The van der Waals surface area contributed by atoms with Gasteiger partial charge in [-0.2, -0.15) is 4.31 Å². The van der Waals surface area contributed by atoms with Crippen molar-refractivity contribution in [3.63, 3.8) is 0 Å². The number of rotatable bonds is 5. The van der Waals surface area contributed by atoms with Crippen LogP contribution >= 0.6 is 12.4 Å². The van der Waals surface area contributed by atoms with Crippen molar-refractivity contribution in [1.82, 2.24) is 14.5 Å². The third kappa shape index (κ3) is 4.16. The quantitative estimate of drug-likeness (QED) is 0.801. The summed E-state index contributed by atoms with van der Waals surface area (Å²) in [6.45, 7) is 8.10. The molecule has 1 amide bonds. The summed E-state index contributed by atoms with van der Waals surface area (Å²) in [6, 6.07) is 5.39. The van der Waals surface area contributed by atoms with E-state index in [0.29, 0.717) is 18.7 Å². The molecule has 8 heteroatoms. The van der Waals surface area contributed by atoms with Gasteiger partial charge in [-0.25, -0.2) is 8.42 Å². The van der Waals surface area contributed by atoms with Crippen LogP contribution in [-0.2, 0) is 10.0 Å². The third-order valence-corrected chi connectivity index (χ3v) is 7.72. The molecule has 0 aliphatic carbocycles. The molecule has 1 aromatic carbocycles. The molecule has 1 N–H and O–H groups in total. The van der Waals surface area contributed by atoms with E-state index in [4.69, 9.17) is 0 Å². The number of carbonyl (C=O) groups excluding carboxylic acids is 1. The standard InChI is InChI=1S/C19H29N3O3S.ClH/c1-4-21(5-2)26(24,25)17-9-6-14(3)18(12-17)19(23)22-15-7-8-16(22)13-20-11-10-15;/h6,9,12,15-16,20H,4-5,7-8,10-11,13H2,1-3H3;1H. The highest BCUT2D eigenvalue weighted by molar-refractivity contribution is 7.89. The molecule has 0 spiro atoms. The van der Waals surface area contributed by atoms with Gasteiger partial charge in [0.25, 0.3) is 5.91 Å². The van der Waals surface area contributed by atoms with E-state index in [1.165, 1.54) is 4.31 Å². The maximum atomic E-state index is 13.3. The summed E-state index contributed by atoms with van der Waals surface area (Å²) in [5.41, 5.74) is 1.34. The number of sulfonamides is 1. The summed E-state index contributed by atoms with van der Waals surface area (Å²) in [5, 5.41) is 3.40. The van der Waals surface area contributed by atoms with Gasteiger partial charge in [0, 0.05) is 37.3 Å². The van der Waals surface area contributed by atoms with Crippen LogP contribution in [0.15, 0.2) is 23.1 Å². The van der Waals surface area contributed by atoms with Gasteiger partial charge in [0.05, 0.1) is 4.90 Å². The van der Waals surface area contributed by atoms with Gasteiger partial charge in [-0.15, -0.1) is 12.4 Å². The van der Waals surface area contributed by atoms with Crippen LogP contribution in [0.1, 0.15) is 49.0 Å². The zero-order chi connectivity index (χ0) is 18.9. The van der Waals surface area contributed by atoms with Crippen LogP contribution in [0.25, 0.3) is 0 Å². The lowest BCUT2D eigenvalue weighted by Gasteiger charge is -2.29. The average Bonchev–Trinajstić information content (AvgIpc) is 2.88. The van der Waals surface area contributed by atoms with Crippen LogP contribution in [0.5, 0.6) is 0 Å². The van der Waals surface area contributed by atoms with E-state index in [-0.39, 0.29) is 35.3 Å². The molecule has 152 valence electrons. The van der Waals surface area contributed by atoms with E-state index >= 15 is 0 Å². The number of carbonyl (C=O) groups is 1. The van der Waals surface area contributed by atoms with E-state index in [1.54, 1.807) is 18.2 Å². The Morgan fingerprint density at radius 1 is 1.19 bits per heavy atom. The lowest BCUT2D eigenvalue weighted by molar-refractivity contribution is 0.0679. The maximum absolute atomic E-state index is 13.3. The molecule has 0 aromatic heterocycles. The van der Waals surface area contributed by atoms with Gasteiger partial charge in [0.2, 0.25) is 10.0 Å². The Bertz CT molecular complexity index is 766. The van der Waals surface area contributed by atoms with Gasteiger partial charge in [0.1, 0.15) is 0 Å². The molecular weight excluding hydrogens is 386 g/mol. The van der Waals surface area contributed by atoms with Gasteiger partial charge >= 0.3 is 0 Å². The van der Waals surface area contributed by atoms with E-state index in [1.807, 2.05) is 25.7 Å². The fraction of sp³-hybridized carbons (Fsp3) is 0.632. The van der Waals surface area contributed by atoms with E-state index in [2.05, 4.69) is 5.32 Å². The van der Waals surface area contributed by atoms with Crippen molar-refractivity contribution >= 4 is 28.3 Å². The number of hydrogen-bond acceptors (Lipinski definition) is 4. The summed E-state index contributed by atoms with van der Waals surface area (Å²) < 4.78 is 27.1. The molecule has 27 heavy (non-hydrogen) atoms. The summed E-state index contributed by atoms with van der Waals surface area (Å²) in [4.78, 5) is 15.5. The summed E-state index contributed by atoms with van der Waals surface area (Å²) in [7, 11) is -3.57. The molecule has 1 aromatic rings. The Hall–Kier alpha value is -1.15. The fourth-order valence-corrected chi connectivity index (χ4v) is 5.64. The number of halogens is 1. The number of hydrogen-bond donors (Lipinski definition) is 1. The third-order valence-electron chi connectivity index (χ3n) is 5.67. The minimum Gasteiger partial charge on any atom is -0.331 e. The highest BCUT2D eigenvalue weighted by Gasteiger charge is 2.39. The predicted octanol–water partition coefficient (Wildman–Crippen LogP) is 2.41. The Balaban J connectivity index is 0.00000261. The second-order valence-electron chi connectivity index (χ2n) is 7.16. The Kier molecular flexibility index (Phi) is 7.30. The average molecular weight is 416 g/mol. The summed E-state index contributed by atoms with van der Waals surface area (Å²) >= 11 is 0. The van der Waals surface area contributed by atoms with E-state index in [0.717, 1.165) is 37.9 Å². The van der Waals surface area contributed by atoms with Crippen molar-refractivity contribution in [2.75, 3.05) is 26.2 Å². The molecule has 2 atom stereocenters. The molecule has 2 bridgehead atoms. The first kappa shape index (κ1) is 22.1. The van der Waals surface area contributed by atoms with Crippen molar-refractivity contribution in [2.45, 2.75) is 57.0 Å². The van der Waals surface area contributed by atoms with Crippen LogP contribution in [0, 0.1) is 6.92 Å². The van der Waals surface area contributed by atoms with Gasteiger partial charge in [-0.3, -0.25) is 4.79 Å². The SMILES string of the molecule is CCN(CC)S(=O)(=O)c1ccc(C)c(C(=O)N2C3CCNCC2CC3)c1.Cl. The number of fused-ring (bicyclic) bond motifs is 2. The van der Waals surface area contributed by atoms with Gasteiger partial charge in [-0.05, 0) is 50.4 Å².